The van der Waals surface area contributed by atoms with E-state index in [2.05, 4.69) is 11.9 Å². The maximum atomic E-state index is 12.9. The van der Waals surface area contributed by atoms with Crippen LogP contribution in [-0.4, -0.2) is 25.0 Å². The molecule has 0 saturated heterocycles. The molecule has 0 bridgehead atoms. The van der Waals surface area contributed by atoms with Gasteiger partial charge in [-0.15, -0.1) is 6.58 Å². The molecule has 6 heteroatoms. The van der Waals surface area contributed by atoms with Crippen molar-refractivity contribution in [1.29, 1.82) is 0 Å². The van der Waals surface area contributed by atoms with Crippen LogP contribution < -0.4 is 15.0 Å². The smallest absolute Gasteiger partial charge is 0.248 e. The molecule has 2 heterocycles. The molecule has 0 unspecified atom stereocenters. The lowest BCUT2D eigenvalue weighted by atomic mass is 9.93. The van der Waals surface area contributed by atoms with Crippen molar-refractivity contribution in [2.75, 3.05) is 23.4 Å². The van der Waals surface area contributed by atoms with Crippen LogP contribution in [0, 0.1) is 5.41 Å². The van der Waals surface area contributed by atoms with E-state index in [0.29, 0.717) is 29.4 Å². The van der Waals surface area contributed by atoms with Gasteiger partial charge in [0.15, 0.2) is 0 Å². The summed E-state index contributed by atoms with van der Waals surface area (Å²) in [5, 5.41) is 2.79. The molecular weight excluding hydrogens is 344 g/mol. The Morgan fingerprint density at radius 1 is 1.37 bits per heavy atom. The van der Waals surface area contributed by atoms with Gasteiger partial charge in [-0.25, -0.2) is 0 Å². The molecule has 2 amide bonds. The van der Waals surface area contributed by atoms with Crippen LogP contribution in [0.15, 0.2) is 59.7 Å². The van der Waals surface area contributed by atoms with Crippen LogP contribution in [0.5, 0.6) is 5.75 Å². The third-order valence-corrected chi connectivity index (χ3v) is 4.18. The molecule has 1 aromatic heterocycles. The van der Waals surface area contributed by atoms with Crippen LogP contribution in [0.4, 0.5) is 11.4 Å². The van der Waals surface area contributed by atoms with Gasteiger partial charge in [0.2, 0.25) is 11.8 Å². The van der Waals surface area contributed by atoms with Crippen LogP contribution in [0.1, 0.15) is 19.6 Å². The number of carbonyl (C=O) groups is 2. The monoisotopic (exact) mass is 366 g/mol. The van der Waals surface area contributed by atoms with Gasteiger partial charge in [-0.2, -0.15) is 0 Å². The highest BCUT2D eigenvalue weighted by Gasteiger charge is 2.37. The van der Waals surface area contributed by atoms with E-state index in [1.165, 1.54) is 12.3 Å². The fourth-order valence-electron chi connectivity index (χ4n) is 2.76. The van der Waals surface area contributed by atoms with E-state index < -0.39 is 5.41 Å². The molecule has 0 radical (unpaired) electrons. The first kappa shape index (κ1) is 18.5. The summed E-state index contributed by atoms with van der Waals surface area (Å²) in [6.45, 7) is 8.07. The second-order valence-corrected chi connectivity index (χ2v) is 6.90. The molecule has 1 aliphatic rings. The zero-order valence-corrected chi connectivity index (χ0v) is 15.4. The predicted molar refractivity (Wildman–Crippen MR) is 105 cm³/mol. The number of rotatable bonds is 5. The Labute approximate surface area is 158 Å². The van der Waals surface area contributed by atoms with E-state index in [4.69, 9.17) is 9.15 Å². The Balaban J connectivity index is 1.84. The molecule has 1 aliphatic heterocycles. The third-order valence-electron chi connectivity index (χ3n) is 4.18. The minimum absolute atomic E-state index is 0.0534. The lowest BCUT2D eigenvalue weighted by Crippen LogP contribution is -2.42. The van der Waals surface area contributed by atoms with Crippen LogP contribution in [0.25, 0.3) is 6.08 Å². The molecular formula is C21H22N2O4. The Bertz CT molecular complexity index is 882. The standard InChI is InChI=1S/C21H22N2O4/c1-4-11-23-17-13-15(22-19(24)10-8-16-6-5-12-26-16)7-9-18(17)27-14-21(2,3)20(23)25/h4-10,12-13H,1,11,14H2,2-3H3,(H,22,24)/b10-8+. The Kier molecular flexibility index (Phi) is 5.16. The van der Waals surface area contributed by atoms with Gasteiger partial charge in [-0.3, -0.25) is 9.59 Å². The molecule has 1 aromatic carbocycles. The minimum Gasteiger partial charge on any atom is -0.490 e. The van der Waals surface area contributed by atoms with Crippen molar-refractivity contribution in [3.8, 4) is 5.75 Å². The van der Waals surface area contributed by atoms with Gasteiger partial charge in [0, 0.05) is 18.3 Å². The van der Waals surface area contributed by atoms with Gasteiger partial charge in [0.1, 0.15) is 18.1 Å². The number of carbonyl (C=O) groups excluding carboxylic acids is 2. The molecule has 2 aromatic rings. The number of hydrogen-bond donors (Lipinski definition) is 1. The second kappa shape index (κ2) is 7.53. The van der Waals surface area contributed by atoms with E-state index in [9.17, 15) is 9.59 Å². The molecule has 140 valence electrons. The maximum Gasteiger partial charge on any atom is 0.248 e. The highest BCUT2D eigenvalue weighted by molar-refractivity contribution is 6.03. The van der Waals surface area contributed by atoms with Crippen molar-refractivity contribution >= 4 is 29.3 Å². The zero-order valence-electron chi connectivity index (χ0n) is 15.4. The average molecular weight is 366 g/mol. The lowest BCUT2D eigenvalue weighted by Gasteiger charge is -2.27. The first-order valence-corrected chi connectivity index (χ1v) is 8.63. The topological polar surface area (TPSA) is 71.8 Å². The first-order valence-electron chi connectivity index (χ1n) is 8.63. The molecule has 0 fully saturated rings. The summed E-state index contributed by atoms with van der Waals surface area (Å²) in [6.07, 6.45) is 6.17. The van der Waals surface area contributed by atoms with E-state index in [1.807, 2.05) is 13.8 Å². The van der Waals surface area contributed by atoms with Crippen molar-refractivity contribution in [1.82, 2.24) is 0 Å². The van der Waals surface area contributed by atoms with Crippen molar-refractivity contribution in [2.24, 2.45) is 5.41 Å². The lowest BCUT2D eigenvalue weighted by molar-refractivity contribution is -0.127. The van der Waals surface area contributed by atoms with Crippen LogP contribution in [-0.2, 0) is 9.59 Å². The van der Waals surface area contributed by atoms with E-state index in [-0.39, 0.29) is 18.4 Å². The van der Waals surface area contributed by atoms with Gasteiger partial charge in [-0.1, -0.05) is 6.08 Å². The highest BCUT2D eigenvalue weighted by atomic mass is 16.5. The van der Waals surface area contributed by atoms with Crippen molar-refractivity contribution in [2.45, 2.75) is 13.8 Å². The third kappa shape index (κ3) is 4.11. The summed E-state index contributed by atoms with van der Waals surface area (Å²) in [6, 6.07) is 8.73. The van der Waals surface area contributed by atoms with E-state index in [1.54, 1.807) is 47.4 Å². The normalized spacial score (nSPS) is 15.8. The summed E-state index contributed by atoms with van der Waals surface area (Å²) >= 11 is 0. The number of ether oxygens (including phenoxy) is 1. The molecule has 6 nitrogen and oxygen atoms in total. The Morgan fingerprint density at radius 3 is 2.89 bits per heavy atom. The maximum absolute atomic E-state index is 12.9. The number of furan rings is 1. The second-order valence-electron chi connectivity index (χ2n) is 6.90. The van der Waals surface area contributed by atoms with Crippen molar-refractivity contribution in [3.63, 3.8) is 0 Å². The van der Waals surface area contributed by atoms with Gasteiger partial charge in [-0.05, 0) is 50.3 Å². The highest BCUT2D eigenvalue weighted by Crippen LogP contribution is 2.38. The van der Waals surface area contributed by atoms with Gasteiger partial charge < -0.3 is 19.4 Å². The van der Waals surface area contributed by atoms with E-state index >= 15 is 0 Å². The molecule has 27 heavy (non-hydrogen) atoms. The molecule has 0 atom stereocenters. The van der Waals surface area contributed by atoms with E-state index in [0.717, 1.165) is 0 Å². The summed E-state index contributed by atoms with van der Waals surface area (Å²) in [7, 11) is 0. The summed E-state index contributed by atoms with van der Waals surface area (Å²) < 4.78 is 11.0. The zero-order chi connectivity index (χ0) is 19.4. The molecule has 1 N–H and O–H groups in total. The fourth-order valence-corrected chi connectivity index (χ4v) is 2.76. The summed E-state index contributed by atoms with van der Waals surface area (Å²) in [4.78, 5) is 26.7. The molecule has 0 saturated carbocycles. The number of fused-ring (bicyclic) bond motifs is 1. The van der Waals surface area contributed by atoms with Crippen molar-refractivity contribution in [3.05, 3.63) is 61.1 Å². The van der Waals surface area contributed by atoms with Crippen molar-refractivity contribution < 1.29 is 18.7 Å². The van der Waals surface area contributed by atoms with Gasteiger partial charge in [0.25, 0.3) is 0 Å². The molecule has 0 aliphatic carbocycles. The van der Waals surface area contributed by atoms with Crippen LogP contribution >= 0.6 is 0 Å². The number of benzene rings is 1. The predicted octanol–water partition coefficient (Wildman–Crippen LogP) is 3.87. The van der Waals surface area contributed by atoms with Crippen LogP contribution in [0.2, 0.25) is 0 Å². The largest absolute Gasteiger partial charge is 0.490 e. The number of anilines is 2. The van der Waals surface area contributed by atoms with Gasteiger partial charge >= 0.3 is 0 Å². The SMILES string of the molecule is C=CCN1C(=O)C(C)(C)COc2ccc(NC(=O)/C=C/c3ccco3)cc21. The first-order chi connectivity index (χ1) is 12.9. The number of nitrogens with zero attached hydrogens (tertiary/aromatic N) is 1. The molecule has 3 rings (SSSR count). The minimum atomic E-state index is -0.656. The average Bonchev–Trinajstić information content (AvgIpc) is 3.13. The number of hydrogen-bond acceptors (Lipinski definition) is 4. The van der Waals surface area contributed by atoms with Crippen LogP contribution in [0.3, 0.4) is 0 Å². The summed E-state index contributed by atoms with van der Waals surface area (Å²) in [5.74, 6) is 0.829. The number of amides is 2. The Hall–Kier alpha value is -3.28. The fraction of sp³-hybridized carbons (Fsp3) is 0.238. The number of nitrogens with one attached hydrogen (secondary N) is 1. The Morgan fingerprint density at radius 2 is 2.19 bits per heavy atom. The molecule has 0 spiro atoms. The summed E-state index contributed by atoms with van der Waals surface area (Å²) in [5.41, 5.74) is 0.517. The quantitative estimate of drug-likeness (QED) is 0.644. The van der Waals surface area contributed by atoms with Gasteiger partial charge in [0.05, 0.1) is 17.4 Å².